The second kappa shape index (κ2) is 8.67. The minimum atomic E-state index is 0.0521. The molecular weight excluding hydrogens is 330 g/mol. The van der Waals surface area contributed by atoms with Crippen molar-refractivity contribution in [2.24, 2.45) is 0 Å². The molecular formula is C20H25N3O3. The quantitative estimate of drug-likeness (QED) is 0.823. The monoisotopic (exact) mass is 355 g/mol. The first-order valence-corrected chi connectivity index (χ1v) is 8.80. The summed E-state index contributed by atoms with van der Waals surface area (Å²) in [5, 5.41) is 3.14. The Morgan fingerprint density at radius 1 is 1.23 bits per heavy atom. The molecule has 6 nitrogen and oxygen atoms in total. The Morgan fingerprint density at radius 3 is 2.85 bits per heavy atom. The van der Waals surface area contributed by atoms with Gasteiger partial charge in [-0.1, -0.05) is 18.2 Å². The van der Waals surface area contributed by atoms with E-state index in [9.17, 15) is 4.79 Å². The molecule has 1 amide bonds. The van der Waals surface area contributed by atoms with Gasteiger partial charge in [-0.3, -0.25) is 9.69 Å². The van der Waals surface area contributed by atoms with Crippen LogP contribution < -0.4 is 14.8 Å². The van der Waals surface area contributed by atoms with Gasteiger partial charge in [-0.2, -0.15) is 0 Å². The highest BCUT2D eigenvalue weighted by Crippen LogP contribution is 2.16. The number of aromatic nitrogens is 1. The van der Waals surface area contributed by atoms with Crippen LogP contribution in [0.25, 0.3) is 0 Å². The number of carbonyl (C=O) groups is 1. The normalized spacial score (nSPS) is 17.1. The largest absolute Gasteiger partial charge is 0.497 e. The number of hydrogen-bond donors (Lipinski definition) is 1. The van der Waals surface area contributed by atoms with Gasteiger partial charge in [0.2, 0.25) is 11.8 Å². The van der Waals surface area contributed by atoms with Gasteiger partial charge in [0.1, 0.15) is 5.75 Å². The van der Waals surface area contributed by atoms with Crippen LogP contribution >= 0.6 is 0 Å². The second-order valence-electron chi connectivity index (χ2n) is 6.53. The maximum atomic E-state index is 12.3. The van der Waals surface area contributed by atoms with Crippen molar-refractivity contribution >= 4 is 5.91 Å². The number of nitrogens with one attached hydrogen (secondary N) is 1. The lowest BCUT2D eigenvalue weighted by atomic mass is 10.1. The van der Waals surface area contributed by atoms with Gasteiger partial charge in [-0.15, -0.1) is 0 Å². The van der Waals surface area contributed by atoms with Gasteiger partial charge in [-0.25, -0.2) is 4.98 Å². The number of carbonyl (C=O) groups excluding carboxylic acids is 1. The number of nitrogens with zero attached hydrogens (tertiary/aromatic N) is 2. The molecule has 2 heterocycles. The summed E-state index contributed by atoms with van der Waals surface area (Å²) < 4.78 is 10.3. The summed E-state index contributed by atoms with van der Waals surface area (Å²) in [6.07, 6.45) is 3.18. The smallest absolute Gasteiger partial charge is 0.224 e. The molecule has 3 rings (SSSR count). The fraction of sp³-hybridized carbons (Fsp3) is 0.400. The first kappa shape index (κ1) is 18.2. The van der Waals surface area contributed by atoms with Gasteiger partial charge >= 0.3 is 0 Å². The maximum Gasteiger partial charge on any atom is 0.224 e. The van der Waals surface area contributed by atoms with Crippen LogP contribution in [0.5, 0.6) is 11.6 Å². The molecule has 1 saturated heterocycles. The summed E-state index contributed by atoms with van der Waals surface area (Å²) in [7, 11) is 3.24. The number of hydrogen-bond acceptors (Lipinski definition) is 5. The molecule has 0 bridgehead atoms. The number of rotatable bonds is 7. The van der Waals surface area contributed by atoms with Crippen molar-refractivity contribution in [1.29, 1.82) is 0 Å². The van der Waals surface area contributed by atoms with E-state index in [0.717, 1.165) is 42.9 Å². The predicted molar refractivity (Wildman–Crippen MR) is 99.3 cm³/mol. The van der Waals surface area contributed by atoms with E-state index in [2.05, 4.69) is 15.2 Å². The zero-order chi connectivity index (χ0) is 18.4. The molecule has 1 aliphatic heterocycles. The lowest BCUT2D eigenvalue weighted by Crippen LogP contribution is -2.37. The maximum absolute atomic E-state index is 12.3. The summed E-state index contributed by atoms with van der Waals surface area (Å²) in [6.45, 7) is 2.66. The molecule has 2 aromatic rings. The third-order valence-electron chi connectivity index (χ3n) is 4.55. The van der Waals surface area contributed by atoms with Gasteiger partial charge in [0.25, 0.3) is 0 Å². The molecule has 0 spiro atoms. The Labute approximate surface area is 154 Å². The number of pyridine rings is 1. The molecule has 1 N–H and O–H groups in total. The Balaban J connectivity index is 1.46. The standard InChI is InChI=1S/C20H25N3O3/c1-25-18-5-3-4-15(10-18)11-19(24)22-17-8-9-23(14-17)13-16-6-7-20(26-2)21-12-16/h3-7,10,12,17H,8-9,11,13-14H2,1-2H3,(H,22,24). The van der Waals surface area contributed by atoms with Crippen molar-refractivity contribution in [1.82, 2.24) is 15.2 Å². The van der Waals surface area contributed by atoms with E-state index >= 15 is 0 Å². The molecule has 138 valence electrons. The molecule has 1 atom stereocenters. The number of likely N-dealkylation sites (tertiary alicyclic amines) is 1. The van der Waals surface area contributed by atoms with Gasteiger partial charge in [-0.05, 0) is 29.7 Å². The van der Waals surface area contributed by atoms with Crippen LogP contribution in [0.15, 0.2) is 42.6 Å². The van der Waals surface area contributed by atoms with Crippen LogP contribution in [0.2, 0.25) is 0 Å². The lowest BCUT2D eigenvalue weighted by Gasteiger charge is -2.17. The Bertz CT molecular complexity index is 733. The highest BCUT2D eigenvalue weighted by molar-refractivity contribution is 5.79. The second-order valence-corrected chi connectivity index (χ2v) is 6.53. The van der Waals surface area contributed by atoms with Crippen molar-refractivity contribution in [3.05, 3.63) is 53.7 Å². The van der Waals surface area contributed by atoms with E-state index in [4.69, 9.17) is 9.47 Å². The zero-order valence-electron chi connectivity index (χ0n) is 15.3. The first-order chi connectivity index (χ1) is 12.7. The molecule has 1 aromatic carbocycles. The summed E-state index contributed by atoms with van der Waals surface area (Å²) >= 11 is 0. The Kier molecular flexibility index (Phi) is 6.07. The van der Waals surface area contributed by atoms with Crippen LogP contribution in [0.3, 0.4) is 0 Å². The van der Waals surface area contributed by atoms with Crippen molar-refractivity contribution in [3.8, 4) is 11.6 Å². The SMILES string of the molecule is COc1cccc(CC(=O)NC2CCN(Cc3ccc(OC)nc3)C2)c1. The molecule has 0 aliphatic carbocycles. The van der Waals surface area contributed by atoms with Gasteiger partial charge in [0.05, 0.1) is 20.6 Å². The van der Waals surface area contributed by atoms with Gasteiger partial charge in [0, 0.05) is 37.9 Å². The molecule has 1 unspecified atom stereocenters. The van der Waals surface area contributed by atoms with E-state index < -0.39 is 0 Å². The fourth-order valence-corrected chi connectivity index (χ4v) is 3.22. The van der Waals surface area contributed by atoms with Crippen LogP contribution in [0.1, 0.15) is 17.5 Å². The molecule has 1 aromatic heterocycles. The number of methoxy groups -OCH3 is 2. The van der Waals surface area contributed by atoms with Crippen LogP contribution in [0.4, 0.5) is 0 Å². The molecule has 0 saturated carbocycles. The summed E-state index contributed by atoms with van der Waals surface area (Å²) in [5.41, 5.74) is 2.11. The van der Waals surface area contributed by atoms with E-state index in [1.54, 1.807) is 14.2 Å². The summed E-state index contributed by atoms with van der Waals surface area (Å²) in [6, 6.07) is 11.7. The Morgan fingerprint density at radius 2 is 2.12 bits per heavy atom. The zero-order valence-corrected chi connectivity index (χ0v) is 15.3. The van der Waals surface area contributed by atoms with Crippen molar-refractivity contribution in [2.45, 2.75) is 25.4 Å². The molecule has 0 radical (unpaired) electrons. The minimum absolute atomic E-state index is 0.0521. The number of amides is 1. The van der Waals surface area contributed by atoms with E-state index in [1.807, 2.05) is 42.6 Å². The topological polar surface area (TPSA) is 63.7 Å². The molecule has 1 fully saturated rings. The van der Waals surface area contributed by atoms with Crippen molar-refractivity contribution < 1.29 is 14.3 Å². The first-order valence-electron chi connectivity index (χ1n) is 8.80. The minimum Gasteiger partial charge on any atom is -0.497 e. The molecule has 6 heteroatoms. The third-order valence-corrected chi connectivity index (χ3v) is 4.55. The van der Waals surface area contributed by atoms with Crippen LogP contribution in [-0.2, 0) is 17.8 Å². The number of ether oxygens (including phenoxy) is 2. The van der Waals surface area contributed by atoms with Crippen LogP contribution in [-0.4, -0.2) is 49.1 Å². The van der Waals surface area contributed by atoms with Crippen molar-refractivity contribution in [3.63, 3.8) is 0 Å². The average Bonchev–Trinajstić information content (AvgIpc) is 3.09. The highest BCUT2D eigenvalue weighted by atomic mass is 16.5. The van der Waals surface area contributed by atoms with Crippen molar-refractivity contribution in [2.75, 3.05) is 27.3 Å². The number of benzene rings is 1. The fourth-order valence-electron chi connectivity index (χ4n) is 3.22. The van der Waals surface area contributed by atoms with E-state index in [0.29, 0.717) is 12.3 Å². The molecule has 26 heavy (non-hydrogen) atoms. The average molecular weight is 355 g/mol. The Hall–Kier alpha value is -2.60. The van der Waals surface area contributed by atoms with Crippen LogP contribution in [0, 0.1) is 0 Å². The summed E-state index contributed by atoms with van der Waals surface area (Å²) in [4.78, 5) is 18.9. The van der Waals surface area contributed by atoms with Gasteiger partial charge in [0.15, 0.2) is 0 Å². The lowest BCUT2D eigenvalue weighted by molar-refractivity contribution is -0.121. The van der Waals surface area contributed by atoms with E-state index in [-0.39, 0.29) is 11.9 Å². The predicted octanol–water partition coefficient (Wildman–Crippen LogP) is 2.03. The molecule has 1 aliphatic rings. The highest BCUT2D eigenvalue weighted by Gasteiger charge is 2.24. The summed E-state index contributed by atoms with van der Waals surface area (Å²) in [5.74, 6) is 1.45. The third kappa shape index (κ3) is 4.95. The van der Waals surface area contributed by atoms with E-state index in [1.165, 1.54) is 0 Å². The van der Waals surface area contributed by atoms with Gasteiger partial charge < -0.3 is 14.8 Å².